The van der Waals surface area contributed by atoms with Crippen LogP contribution in [0.1, 0.15) is 12.8 Å². The number of nitrogens with zero attached hydrogens (tertiary/aromatic N) is 3. The second-order valence-electron chi connectivity index (χ2n) is 3.90. The van der Waals surface area contributed by atoms with Gasteiger partial charge in [-0.3, -0.25) is 4.79 Å². The summed E-state index contributed by atoms with van der Waals surface area (Å²) in [5, 5.41) is 6.63. The van der Waals surface area contributed by atoms with Crippen LogP contribution >= 0.6 is 0 Å². The maximum absolute atomic E-state index is 11.4. The Bertz CT molecular complexity index is 319. The van der Waals surface area contributed by atoms with Crippen LogP contribution in [-0.2, 0) is 11.3 Å². The molecule has 3 N–H and O–H groups in total. The number of nitrogens with two attached hydrogens (primary N) is 1. The minimum Gasteiger partial charge on any atom is -0.353 e. The van der Waals surface area contributed by atoms with Gasteiger partial charge in [0.1, 0.15) is 19.2 Å². The van der Waals surface area contributed by atoms with E-state index >= 15 is 0 Å². The Hall–Kier alpha value is -1.43. The van der Waals surface area contributed by atoms with Gasteiger partial charge in [-0.25, -0.2) is 9.67 Å². The van der Waals surface area contributed by atoms with Crippen molar-refractivity contribution in [3.63, 3.8) is 0 Å². The standard InChI is InChI=1S/C9H15N5O/c10-8(7-1-2-7)3-12-9(15)4-14-6-11-5-13-14/h5-8H,1-4,10H2,(H,12,15). The molecule has 6 nitrogen and oxygen atoms in total. The SMILES string of the molecule is NC(CNC(=O)Cn1cncn1)C1CC1. The van der Waals surface area contributed by atoms with Crippen molar-refractivity contribution in [1.29, 1.82) is 0 Å². The molecule has 0 aliphatic heterocycles. The molecule has 0 aromatic carbocycles. The minimum atomic E-state index is -0.0726. The molecule has 1 aromatic rings. The van der Waals surface area contributed by atoms with Gasteiger partial charge in [-0.1, -0.05) is 0 Å². The zero-order valence-electron chi connectivity index (χ0n) is 8.47. The van der Waals surface area contributed by atoms with Gasteiger partial charge in [-0.2, -0.15) is 5.10 Å². The zero-order chi connectivity index (χ0) is 10.7. The van der Waals surface area contributed by atoms with Gasteiger partial charge in [0, 0.05) is 12.6 Å². The summed E-state index contributed by atoms with van der Waals surface area (Å²) in [6.07, 6.45) is 5.31. The first-order valence-electron chi connectivity index (χ1n) is 5.10. The number of nitrogens with one attached hydrogen (secondary N) is 1. The Balaban J connectivity index is 1.68. The molecule has 0 bridgehead atoms. The van der Waals surface area contributed by atoms with E-state index in [0.29, 0.717) is 12.5 Å². The smallest absolute Gasteiger partial charge is 0.241 e. The van der Waals surface area contributed by atoms with Crippen molar-refractivity contribution in [2.24, 2.45) is 11.7 Å². The van der Waals surface area contributed by atoms with Crippen molar-refractivity contribution in [3.05, 3.63) is 12.7 Å². The molecule has 0 spiro atoms. The third-order valence-electron chi connectivity index (χ3n) is 2.53. The summed E-state index contributed by atoms with van der Waals surface area (Å²) in [6, 6.07) is 0.102. The molecule has 82 valence electrons. The van der Waals surface area contributed by atoms with Gasteiger partial charge in [0.25, 0.3) is 0 Å². The molecule has 1 atom stereocenters. The van der Waals surface area contributed by atoms with Gasteiger partial charge in [-0.05, 0) is 18.8 Å². The highest BCUT2D eigenvalue weighted by Gasteiger charge is 2.28. The van der Waals surface area contributed by atoms with Crippen LogP contribution in [-0.4, -0.2) is 33.3 Å². The number of carbonyl (C=O) groups excluding carboxylic acids is 1. The highest BCUT2D eigenvalue weighted by Crippen LogP contribution is 2.31. The molecular formula is C9H15N5O. The van der Waals surface area contributed by atoms with E-state index < -0.39 is 0 Å². The average molecular weight is 209 g/mol. The van der Waals surface area contributed by atoms with Crippen molar-refractivity contribution in [3.8, 4) is 0 Å². The topological polar surface area (TPSA) is 85.8 Å². The lowest BCUT2D eigenvalue weighted by Crippen LogP contribution is -2.39. The van der Waals surface area contributed by atoms with Gasteiger partial charge in [0.15, 0.2) is 0 Å². The van der Waals surface area contributed by atoms with Gasteiger partial charge < -0.3 is 11.1 Å². The number of carbonyl (C=O) groups is 1. The van der Waals surface area contributed by atoms with Crippen LogP contribution in [0.5, 0.6) is 0 Å². The first-order chi connectivity index (χ1) is 7.25. The normalized spacial score (nSPS) is 17.4. The summed E-state index contributed by atoms with van der Waals surface area (Å²) in [6.45, 7) is 0.760. The third-order valence-corrected chi connectivity index (χ3v) is 2.53. The second kappa shape index (κ2) is 4.39. The van der Waals surface area contributed by atoms with Crippen LogP contribution in [0.15, 0.2) is 12.7 Å². The Morgan fingerprint density at radius 1 is 1.67 bits per heavy atom. The molecule has 1 fully saturated rings. The maximum atomic E-state index is 11.4. The fraction of sp³-hybridized carbons (Fsp3) is 0.667. The van der Waals surface area contributed by atoms with Crippen molar-refractivity contribution in [2.45, 2.75) is 25.4 Å². The molecule has 1 unspecified atom stereocenters. The van der Waals surface area contributed by atoms with Crippen LogP contribution < -0.4 is 11.1 Å². The molecule has 1 aromatic heterocycles. The van der Waals surface area contributed by atoms with Crippen LogP contribution in [0, 0.1) is 5.92 Å². The molecule has 15 heavy (non-hydrogen) atoms. The summed E-state index contributed by atoms with van der Waals surface area (Å²) >= 11 is 0. The van der Waals surface area contributed by atoms with E-state index in [2.05, 4.69) is 15.4 Å². The molecular weight excluding hydrogens is 194 g/mol. The van der Waals surface area contributed by atoms with Gasteiger partial charge >= 0.3 is 0 Å². The molecule has 1 saturated carbocycles. The van der Waals surface area contributed by atoms with Crippen LogP contribution in [0.4, 0.5) is 0 Å². The lowest BCUT2D eigenvalue weighted by Gasteiger charge is -2.11. The Morgan fingerprint density at radius 2 is 2.47 bits per heavy atom. The molecule has 1 amide bonds. The predicted octanol–water partition coefficient (Wildman–Crippen LogP) is -0.868. The lowest BCUT2D eigenvalue weighted by atomic mass is 10.2. The summed E-state index contributed by atoms with van der Waals surface area (Å²) in [5.41, 5.74) is 5.85. The Kier molecular flexibility index (Phi) is 2.96. The van der Waals surface area contributed by atoms with Crippen LogP contribution in [0.3, 0.4) is 0 Å². The molecule has 1 aliphatic carbocycles. The minimum absolute atomic E-state index is 0.0726. The quantitative estimate of drug-likeness (QED) is 0.660. The van der Waals surface area contributed by atoms with Crippen molar-refractivity contribution < 1.29 is 4.79 Å². The number of hydrogen-bond donors (Lipinski definition) is 2. The van der Waals surface area contributed by atoms with E-state index in [1.807, 2.05) is 0 Å². The summed E-state index contributed by atoms with van der Waals surface area (Å²) in [5.74, 6) is 0.535. The average Bonchev–Trinajstić information content (AvgIpc) is 2.95. The summed E-state index contributed by atoms with van der Waals surface area (Å²) in [4.78, 5) is 15.2. The Morgan fingerprint density at radius 3 is 3.07 bits per heavy atom. The molecule has 0 radical (unpaired) electrons. The lowest BCUT2D eigenvalue weighted by molar-refractivity contribution is -0.121. The fourth-order valence-corrected chi connectivity index (χ4v) is 1.44. The van der Waals surface area contributed by atoms with E-state index in [1.165, 1.54) is 30.2 Å². The largest absolute Gasteiger partial charge is 0.353 e. The van der Waals surface area contributed by atoms with Crippen molar-refractivity contribution in [1.82, 2.24) is 20.1 Å². The first-order valence-corrected chi connectivity index (χ1v) is 5.10. The third kappa shape index (κ3) is 3.02. The molecule has 1 aliphatic rings. The van der Waals surface area contributed by atoms with E-state index in [4.69, 9.17) is 5.73 Å². The maximum Gasteiger partial charge on any atom is 0.241 e. The van der Waals surface area contributed by atoms with Gasteiger partial charge in [0.05, 0.1) is 0 Å². The predicted molar refractivity (Wildman–Crippen MR) is 53.7 cm³/mol. The van der Waals surface area contributed by atoms with E-state index in [9.17, 15) is 4.79 Å². The zero-order valence-corrected chi connectivity index (χ0v) is 8.47. The van der Waals surface area contributed by atoms with Crippen molar-refractivity contribution in [2.75, 3.05) is 6.54 Å². The first kappa shape index (κ1) is 10.1. The van der Waals surface area contributed by atoms with Crippen molar-refractivity contribution >= 4 is 5.91 Å². The van der Waals surface area contributed by atoms with E-state index in [1.54, 1.807) is 0 Å². The highest BCUT2D eigenvalue weighted by atomic mass is 16.2. The van der Waals surface area contributed by atoms with Gasteiger partial charge in [0.2, 0.25) is 5.91 Å². The molecule has 0 saturated heterocycles. The summed E-state index contributed by atoms with van der Waals surface area (Å²) in [7, 11) is 0. The van der Waals surface area contributed by atoms with Crippen LogP contribution in [0.25, 0.3) is 0 Å². The van der Waals surface area contributed by atoms with E-state index in [0.717, 1.165) is 0 Å². The second-order valence-corrected chi connectivity index (χ2v) is 3.90. The summed E-state index contributed by atoms with van der Waals surface area (Å²) < 4.78 is 1.48. The van der Waals surface area contributed by atoms with E-state index in [-0.39, 0.29) is 18.5 Å². The highest BCUT2D eigenvalue weighted by molar-refractivity contribution is 5.75. The fourth-order valence-electron chi connectivity index (χ4n) is 1.44. The number of aromatic nitrogens is 3. The monoisotopic (exact) mass is 209 g/mol. The number of hydrogen-bond acceptors (Lipinski definition) is 4. The molecule has 1 heterocycles. The molecule has 2 rings (SSSR count). The Labute approximate surface area is 87.9 Å². The van der Waals surface area contributed by atoms with Gasteiger partial charge in [-0.15, -0.1) is 0 Å². The number of amides is 1. The molecule has 6 heteroatoms. The number of rotatable bonds is 5. The van der Waals surface area contributed by atoms with Crippen LogP contribution in [0.2, 0.25) is 0 Å².